The van der Waals surface area contributed by atoms with Crippen molar-refractivity contribution in [3.8, 4) is 0 Å². The number of hydrogen-bond donors (Lipinski definition) is 1. The number of aliphatic carboxylic acids is 1. The Morgan fingerprint density at radius 2 is 2.00 bits per heavy atom. The van der Waals surface area contributed by atoms with Gasteiger partial charge in [0.15, 0.2) is 5.05 Å². The van der Waals surface area contributed by atoms with Gasteiger partial charge >= 0.3 is 5.97 Å². The third-order valence-corrected chi connectivity index (χ3v) is 2.13. The van der Waals surface area contributed by atoms with Crippen LogP contribution in [0.5, 0.6) is 0 Å². The highest BCUT2D eigenvalue weighted by Gasteiger charge is 2.02. The average molecular weight is 218 g/mol. The minimum Gasteiger partial charge on any atom is -0.487 e. The van der Waals surface area contributed by atoms with Gasteiger partial charge in [-0.1, -0.05) is 26.2 Å². The monoisotopic (exact) mass is 218 g/mol. The van der Waals surface area contributed by atoms with Crippen molar-refractivity contribution in [1.82, 2.24) is 0 Å². The molecule has 14 heavy (non-hydrogen) atoms. The van der Waals surface area contributed by atoms with E-state index in [4.69, 9.17) is 22.1 Å². The Bertz CT molecular complexity index is 180. The summed E-state index contributed by atoms with van der Waals surface area (Å²) >= 11 is 4.86. The third-order valence-electron chi connectivity index (χ3n) is 1.80. The van der Waals surface area contributed by atoms with E-state index in [0.29, 0.717) is 18.1 Å². The van der Waals surface area contributed by atoms with Gasteiger partial charge in [0.1, 0.15) is 0 Å². The van der Waals surface area contributed by atoms with Crippen LogP contribution in [0.1, 0.15) is 45.4 Å². The van der Waals surface area contributed by atoms with Crippen molar-refractivity contribution in [3.05, 3.63) is 0 Å². The lowest BCUT2D eigenvalue weighted by Gasteiger charge is -2.05. The molecule has 0 fully saturated rings. The van der Waals surface area contributed by atoms with Gasteiger partial charge in [0.25, 0.3) is 0 Å². The molecule has 0 unspecified atom stereocenters. The molecule has 0 atom stereocenters. The highest BCUT2D eigenvalue weighted by molar-refractivity contribution is 7.80. The second-order valence-corrected chi connectivity index (χ2v) is 3.63. The maximum absolute atomic E-state index is 10.2. The van der Waals surface area contributed by atoms with E-state index in [1.807, 2.05) is 0 Å². The number of ether oxygens (including phenoxy) is 1. The molecular formula is C10H18O3S. The number of carboxylic acids is 1. The maximum atomic E-state index is 10.2. The van der Waals surface area contributed by atoms with Crippen molar-refractivity contribution in [3.63, 3.8) is 0 Å². The van der Waals surface area contributed by atoms with Gasteiger partial charge in [0, 0.05) is 6.42 Å². The second-order valence-electron chi connectivity index (χ2n) is 3.17. The zero-order valence-corrected chi connectivity index (χ0v) is 9.44. The van der Waals surface area contributed by atoms with Gasteiger partial charge in [0.05, 0.1) is 13.0 Å². The molecule has 0 rings (SSSR count). The van der Waals surface area contributed by atoms with Crippen LogP contribution in [-0.4, -0.2) is 22.7 Å². The van der Waals surface area contributed by atoms with Crippen LogP contribution in [0.25, 0.3) is 0 Å². The summed E-state index contributed by atoms with van der Waals surface area (Å²) < 4.78 is 5.21. The van der Waals surface area contributed by atoms with E-state index >= 15 is 0 Å². The first kappa shape index (κ1) is 13.4. The smallest absolute Gasteiger partial charge is 0.303 e. The molecule has 0 aliphatic rings. The molecule has 3 nitrogen and oxygen atoms in total. The van der Waals surface area contributed by atoms with Crippen LogP contribution in [0.3, 0.4) is 0 Å². The highest BCUT2D eigenvalue weighted by Crippen LogP contribution is 2.01. The van der Waals surface area contributed by atoms with Gasteiger partial charge in [-0.3, -0.25) is 4.79 Å². The van der Waals surface area contributed by atoms with Crippen LogP contribution in [0.4, 0.5) is 0 Å². The fourth-order valence-corrected chi connectivity index (χ4v) is 1.18. The van der Waals surface area contributed by atoms with E-state index in [-0.39, 0.29) is 6.42 Å². The van der Waals surface area contributed by atoms with E-state index in [1.165, 1.54) is 12.8 Å². The number of thiocarbonyl (C=S) groups is 1. The van der Waals surface area contributed by atoms with E-state index in [9.17, 15) is 4.79 Å². The SMILES string of the molecule is CCCCCCOC(=S)CCC(=O)O. The Labute approximate surface area is 90.5 Å². The molecule has 0 amide bonds. The van der Waals surface area contributed by atoms with Gasteiger partial charge in [-0.2, -0.15) is 0 Å². The molecule has 0 aliphatic heterocycles. The molecule has 0 aliphatic carbocycles. The van der Waals surface area contributed by atoms with E-state index < -0.39 is 5.97 Å². The first-order valence-corrected chi connectivity index (χ1v) is 5.45. The molecule has 0 spiro atoms. The largest absolute Gasteiger partial charge is 0.487 e. The maximum Gasteiger partial charge on any atom is 0.303 e. The molecule has 0 heterocycles. The molecule has 0 radical (unpaired) electrons. The lowest BCUT2D eigenvalue weighted by Crippen LogP contribution is -2.06. The normalized spacial score (nSPS) is 9.79. The quantitative estimate of drug-likeness (QED) is 0.502. The molecule has 4 heteroatoms. The Balaban J connectivity index is 3.22. The van der Waals surface area contributed by atoms with Crippen LogP contribution < -0.4 is 0 Å². The Morgan fingerprint density at radius 3 is 2.57 bits per heavy atom. The second kappa shape index (κ2) is 8.94. The number of hydrogen-bond acceptors (Lipinski definition) is 3. The topological polar surface area (TPSA) is 46.5 Å². The van der Waals surface area contributed by atoms with Crippen molar-refractivity contribution in [2.24, 2.45) is 0 Å². The van der Waals surface area contributed by atoms with Gasteiger partial charge in [-0.15, -0.1) is 0 Å². The first-order valence-electron chi connectivity index (χ1n) is 5.04. The predicted octanol–water partition coefficient (Wildman–Crippen LogP) is 2.78. The molecular weight excluding hydrogens is 200 g/mol. The molecule has 0 aromatic rings. The number of carboxylic acid groups (broad SMARTS) is 1. The van der Waals surface area contributed by atoms with E-state index in [2.05, 4.69) is 6.92 Å². The molecule has 0 saturated carbocycles. The number of rotatable bonds is 8. The van der Waals surface area contributed by atoms with Crippen LogP contribution in [0.15, 0.2) is 0 Å². The molecule has 1 N–H and O–H groups in total. The predicted molar refractivity (Wildman–Crippen MR) is 59.6 cm³/mol. The first-order chi connectivity index (χ1) is 6.66. The number of carbonyl (C=O) groups is 1. The van der Waals surface area contributed by atoms with Crippen LogP contribution in [0.2, 0.25) is 0 Å². The summed E-state index contributed by atoms with van der Waals surface area (Å²) in [7, 11) is 0. The van der Waals surface area contributed by atoms with Crippen molar-refractivity contribution < 1.29 is 14.6 Å². The van der Waals surface area contributed by atoms with Gasteiger partial charge in [-0.25, -0.2) is 0 Å². The molecule has 0 bridgehead atoms. The third kappa shape index (κ3) is 9.45. The summed E-state index contributed by atoms with van der Waals surface area (Å²) in [5.41, 5.74) is 0. The van der Waals surface area contributed by atoms with Crippen LogP contribution >= 0.6 is 12.2 Å². The molecule has 0 aromatic heterocycles. The van der Waals surface area contributed by atoms with Gasteiger partial charge in [0.2, 0.25) is 0 Å². The van der Waals surface area contributed by atoms with Crippen LogP contribution in [-0.2, 0) is 9.53 Å². The van der Waals surface area contributed by atoms with Crippen LogP contribution in [0, 0.1) is 0 Å². The average Bonchev–Trinajstić information content (AvgIpc) is 2.14. The molecule has 82 valence electrons. The molecule has 0 aromatic carbocycles. The van der Waals surface area contributed by atoms with Crippen molar-refractivity contribution in [1.29, 1.82) is 0 Å². The summed E-state index contributed by atoms with van der Waals surface area (Å²) in [5, 5.41) is 8.81. The van der Waals surface area contributed by atoms with Gasteiger partial charge < -0.3 is 9.84 Å². The fourth-order valence-electron chi connectivity index (χ4n) is 0.996. The summed E-state index contributed by atoms with van der Waals surface area (Å²) in [5.74, 6) is -0.832. The lowest BCUT2D eigenvalue weighted by atomic mass is 10.2. The van der Waals surface area contributed by atoms with Crippen molar-refractivity contribution in [2.75, 3.05) is 6.61 Å². The summed E-state index contributed by atoms with van der Waals surface area (Å²) in [6.07, 6.45) is 4.97. The Hall–Kier alpha value is -0.640. The number of unbranched alkanes of at least 4 members (excludes halogenated alkanes) is 3. The lowest BCUT2D eigenvalue weighted by molar-refractivity contribution is -0.136. The Kier molecular flexibility index (Phi) is 8.53. The Morgan fingerprint density at radius 1 is 1.29 bits per heavy atom. The minimum atomic E-state index is -0.832. The summed E-state index contributed by atoms with van der Waals surface area (Å²) in [6, 6.07) is 0. The summed E-state index contributed by atoms with van der Waals surface area (Å²) in [6.45, 7) is 2.77. The standard InChI is InChI=1S/C10H18O3S/c1-2-3-4-5-8-13-10(14)7-6-9(11)12/h2-8H2,1H3,(H,11,12). The molecule has 0 saturated heterocycles. The summed E-state index contributed by atoms with van der Waals surface area (Å²) in [4.78, 5) is 10.2. The zero-order chi connectivity index (χ0) is 10.8. The minimum absolute atomic E-state index is 0.0633. The van der Waals surface area contributed by atoms with Gasteiger partial charge in [-0.05, 0) is 18.6 Å². The zero-order valence-electron chi connectivity index (χ0n) is 8.62. The van der Waals surface area contributed by atoms with E-state index in [1.54, 1.807) is 0 Å². The van der Waals surface area contributed by atoms with E-state index in [0.717, 1.165) is 12.8 Å². The highest BCUT2D eigenvalue weighted by atomic mass is 32.1. The fraction of sp³-hybridized carbons (Fsp3) is 0.800. The van der Waals surface area contributed by atoms with Crippen molar-refractivity contribution in [2.45, 2.75) is 45.4 Å². The van der Waals surface area contributed by atoms with Crippen molar-refractivity contribution >= 4 is 23.2 Å².